The summed E-state index contributed by atoms with van der Waals surface area (Å²) < 4.78 is 5.55. The third-order valence-corrected chi connectivity index (χ3v) is 4.63. The minimum absolute atomic E-state index is 0.0352. The molecule has 1 unspecified atom stereocenters. The Labute approximate surface area is 157 Å². The fraction of sp³-hybridized carbons (Fsp3) is 0.600. The number of amides is 1. The highest BCUT2D eigenvalue weighted by atomic mass is 16.5. The summed E-state index contributed by atoms with van der Waals surface area (Å²) in [6.45, 7) is 6.44. The molecule has 0 saturated carbocycles. The van der Waals surface area contributed by atoms with Crippen molar-refractivity contribution in [3.05, 3.63) is 35.4 Å². The molecule has 2 rings (SSSR count). The lowest BCUT2D eigenvalue weighted by molar-refractivity contribution is 0.0827. The Bertz CT molecular complexity index is 616. The van der Waals surface area contributed by atoms with Gasteiger partial charge in [-0.1, -0.05) is 12.1 Å². The number of benzene rings is 1. The van der Waals surface area contributed by atoms with Crippen LogP contribution < -0.4 is 5.32 Å². The van der Waals surface area contributed by atoms with Crippen LogP contribution in [-0.4, -0.2) is 75.7 Å². The molecule has 0 aliphatic carbocycles. The van der Waals surface area contributed by atoms with Gasteiger partial charge in [-0.15, -0.1) is 0 Å². The summed E-state index contributed by atoms with van der Waals surface area (Å²) in [5.74, 6) is 1.57. The molecule has 1 heterocycles. The quantitative estimate of drug-likeness (QED) is 0.596. The highest BCUT2D eigenvalue weighted by Crippen LogP contribution is 2.16. The topological polar surface area (TPSA) is 57.2 Å². The molecule has 1 saturated heterocycles. The van der Waals surface area contributed by atoms with Gasteiger partial charge in [0.2, 0.25) is 0 Å². The van der Waals surface area contributed by atoms with Gasteiger partial charge in [0, 0.05) is 58.9 Å². The van der Waals surface area contributed by atoms with Crippen molar-refractivity contribution in [2.75, 3.05) is 54.0 Å². The third kappa shape index (κ3) is 5.73. The lowest BCUT2D eigenvalue weighted by Crippen LogP contribution is -2.41. The van der Waals surface area contributed by atoms with E-state index >= 15 is 0 Å². The lowest BCUT2D eigenvalue weighted by atomic mass is 10.1. The van der Waals surface area contributed by atoms with Gasteiger partial charge in [0.05, 0.1) is 6.61 Å². The van der Waals surface area contributed by atoms with Crippen LogP contribution in [0.15, 0.2) is 29.3 Å². The minimum Gasteiger partial charge on any atom is -0.381 e. The van der Waals surface area contributed by atoms with Gasteiger partial charge in [-0.05, 0) is 37.5 Å². The first kappa shape index (κ1) is 20.2. The van der Waals surface area contributed by atoms with Crippen LogP contribution in [-0.2, 0) is 11.2 Å². The van der Waals surface area contributed by atoms with Crippen molar-refractivity contribution in [1.29, 1.82) is 0 Å². The van der Waals surface area contributed by atoms with Crippen molar-refractivity contribution >= 4 is 11.9 Å². The summed E-state index contributed by atoms with van der Waals surface area (Å²) in [7, 11) is 5.37. The van der Waals surface area contributed by atoms with Gasteiger partial charge in [0.1, 0.15) is 0 Å². The molecule has 1 amide bonds. The van der Waals surface area contributed by atoms with Crippen molar-refractivity contribution in [1.82, 2.24) is 15.1 Å². The number of hydrogen-bond acceptors (Lipinski definition) is 3. The molecular weight excluding hydrogens is 328 g/mol. The minimum atomic E-state index is 0.0352. The fourth-order valence-corrected chi connectivity index (χ4v) is 3.21. The first-order valence-corrected chi connectivity index (χ1v) is 9.39. The van der Waals surface area contributed by atoms with Gasteiger partial charge < -0.3 is 19.9 Å². The zero-order chi connectivity index (χ0) is 18.9. The second kappa shape index (κ2) is 10.2. The van der Waals surface area contributed by atoms with Crippen molar-refractivity contribution in [3.8, 4) is 0 Å². The molecule has 26 heavy (non-hydrogen) atoms. The Morgan fingerprint density at radius 3 is 2.92 bits per heavy atom. The molecule has 1 aliphatic rings. The summed E-state index contributed by atoms with van der Waals surface area (Å²) in [4.78, 5) is 20.4. The summed E-state index contributed by atoms with van der Waals surface area (Å²) in [5, 5.41) is 3.45. The Hall–Kier alpha value is -2.08. The fourth-order valence-electron chi connectivity index (χ4n) is 3.21. The Kier molecular flexibility index (Phi) is 7.91. The van der Waals surface area contributed by atoms with Gasteiger partial charge in [-0.25, -0.2) is 0 Å². The molecule has 1 fully saturated rings. The number of aliphatic imine (C=N–C) groups is 1. The number of hydrogen-bond donors (Lipinski definition) is 1. The number of carbonyl (C=O) groups is 1. The third-order valence-electron chi connectivity index (χ3n) is 4.63. The van der Waals surface area contributed by atoms with Crippen LogP contribution in [0.2, 0.25) is 0 Å². The molecule has 0 bridgehead atoms. The Morgan fingerprint density at radius 2 is 2.23 bits per heavy atom. The molecule has 144 valence electrons. The van der Waals surface area contributed by atoms with Gasteiger partial charge >= 0.3 is 0 Å². The maximum Gasteiger partial charge on any atom is 0.253 e. The average Bonchev–Trinajstić information content (AvgIpc) is 3.11. The van der Waals surface area contributed by atoms with Gasteiger partial charge in [-0.3, -0.25) is 9.79 Å². The van der Waals surface area contributed by atoms with E-state index in [0.29, 0.717) is 5.92 Å². The average molecular weight is 361 g/mol. The first-order valence-electron chi connectivity index (χ1n) is 9.39. The summed E-state index contributed by atoms with van der Waals surface area (Å²) in [6.07, 6.45) is 2.00. The number of rotatable bonds is 7. The monoisotopic (exact) mass is 360 g/mol. The summed E-state index contributed by atoms with van der Waals surface area (Å²) >= 11 is 0. The lowest BCUT2D eigenvalue weighted by Gasteiger charge is -2.21. The number of guanidine groups is 1. The smallest absolute Gasteiger partial charge is 0.253 e. The van der Waals surface area contributed by atoms with E-state index < -0.39 is 0 Å². The highest BCUT2D eigenvalue weighted by Gasteiger charge is 2.24. The van der Waals surface area contributed by atoms with Crippen LogP contribution in [0.5, 0.6) is 0 Å². The predicted octanol–water partition coefficient (Wildman–Crippen LogP) is 1.86. The first-order chi connectivity index (χ1) is 12.5. The van der Waals surface area contributed by atoms with E-state index in [1.54, 1.807) is 19.0 Å². The largest absolute Gasteiger partial charge is 0.381 e. The van der Waals surface area contributed by atoms with E-state index in [-0.39, 0.29) is 5.91 Å². The van der Waals surface area contributed by atoms with Crippen LogP contribution in [0.4, 0.5) is 0 Å². The summed E-state index contributed by atoms with van der Waals surface area (Å²) in [6, 6.07) is 7.84. The molecule has 1 atom stereocenters. The molecule has 6 nitrogen and oxygen atoms in total. The molecule has 1 aliphatic heterocycles. The van der Waals surface area contributed by atoms with E-state index in [9.17, 15) is 4.79 Å². The standard InChI is InChI=1S/C20H32N4O2/c1-5-26-15-17-10-12-24(14-17)20(21-2)22-11-9-16-7-6-8-18(13-16)19(25)23(3)4/h6-8,13,17H,5,9-12,14-15H2,1-4H3,(H,21,22). The zero-order valence-electron chi connectivity index (χ0n) is 16.5. The molecule has 1 N–H and O–H groups in total. The van der Waals surface area contributed by atoms with Crippen LogP contribution in [0, 0.1) is 5.92 Å². The SMILES string of the molecule is CCOCC1CCN(C(=NC)NCCc2cccc(C(=O)N(C)C)c2)C1. The van der Waals surface area contributed by atoms with Crippen molar-refractivity contribution in [2.24, 2.45) is 10.9 Å². The molecule has 0 spiro atoms. The predicted molar refractivity (Wildman–Crippen MR) is 106 cm³/mol. The number of nitrogens with one attached hydrogen (secondary N) is 1. The Morgan fingerprint density at radius 1 is 1.42 bits per heavy atom. The molecule has 1 aromatic carbocycles. The number of carbonyl (C=O) groups excluding carboxylic acids is 1. The van der Waals surface area contributed by atoms with E-state index in [1.165, 1.54) is 0 Å². The van der Waals surface area contributed by atoms with Crippen molar-refractivity contribution in [3.63, 3.8) is 0 Å². The number of nitrogens with zero attached hydrogens (tertiary/aromatic N) is 3. The van der Waals surface area contributed by atoms with Crippen molar-refractivity contribution < 1.29 is 9.53 Å². The van der Waals surface area contributed by atoms with Crippen LogP contribution in [0.1, 0.15) is 29.3 Å². The van der Waals surface area contributed by atoms with Crippen LogP contribution >= 0.6 is 0 Å². The zero-order valence-corrected chi connectivity index (χ0v) is 16.5. The van der Waals surface area contributed by atoms with Gasteiger partial charge in [-0.2, -0.15) is 0 Å². The molecule has 0 aromatic heterocycles. The second-order valence-electron chi connectivity index (χ2n) is 6.88. The van der Waals surface area contributed by atoms with Gasteiger partial charge in [0.25, 0.3) is 5.91 Å². The van der Waals surface area contributed by atoms with Crippen LogP contribution in [0.25, 0.3) is 0 Å². The van der Waals surface area contributed by atoms with Crippen LogP contribution in [0.3, 0.4) is 0 Å². The highest BCUT2D eigenvalue weighted by molar-refractivity contribution is 5.94. The molecular formula is C20H32N4O2. The molecule has 6 heteroatoms. The summed E-state index contributed by atoms with van der Waals surface area (Å²) in [5.41, 5.74) is 1.88. The van der Waals surface area contributed by atoms with E-state index in [1.807, 2.05) is 32.2 Å². The number of ether oxygens (including phenoxy) is 1. The maximum absolute atomic E-state index is 12.1. The molecule has 0 radical (unpaired) electrons. The van der Waals surface area contributed by atoms with E-state index in [4.69, 9.17) is 4.74 Å². The normalized spacial score (nSPS) is 17.5. The Balaban J connectivity index is 1.83. The van der Waals surface area contributed by atoms with E-state index in [0.717, 1.165) is 62.8 Å². The molecule has 1 aromatic rings. The van der Waals surface area contributed by atoms with Crippen molar-refractivity contribution in [2.45, 2.75) is 19.8 Å². The number of likely N-dealkylation sites (tertiary alicyclic amines) is 1. The van der Waals surface area contributed by atoms with E-state index in [2.05, 4.69) is 21.3 Å². The van der Waals surface area contributed by atoms with Gasteiger partial charge in [0.15, 0.2) is 5.96 Å². The maximum atomic E-state index is 12.1. The second-order valence-corrected chi connectivity index (χ2v) is 6.88.